The molecule has 0 amide bonds. The fourth-order valence-corrected chi connectivity index (χ4v) is 1.23. The van der Waals surface area contributed by atoms with Gasteiger partial charge in [0.15, 0.2) is 0 Å². The number of aliphatic hydroxyl groups is 1. The lowest BCUT2D eigenvalue weighted by Crippen LogP contribution is -2.33. The number of carbonyl (C=O) groups is 1. The molecule has 3 N–H and O–H groups in total. The summed E-state index contributed by atoms with van der Waals surface area (Å²) in [7, 11) is 0. The lowest BCUT2D eigenvalue weighted by Gasteiger charge is -2.07. The van der Waals surface area contributed by atoms with Crippen LogP contribution >= 0.6 is 24.6 Å². The number of nitrogens with one attached hydrogen (secondary N) is 1. The number of rotatable bonds is 5. The van der Waals surface area contributed by atoms with Crippen LogP contribution in [0.15, 0.2) is 0 Å². The molecule has 0 aromatic heterocycles. The molecule has 60 valence electrons. The van der Waals surface area contributed by atoms with Crippen LogP contribution < -0.4 is 4.72 Å². The van der Waals surface area contributed by atoms with Crippen LogP contribution in [0.5, 0.6) is 0 Å². The van der Waals surface area contributed by atoms with Crippen molar-refractivity contribution in [3.8, 4) is 0 Å². The van der Waals surface area contributed by atoms with Gasteiger partial charge in [0.2, 0.25) is 0 Å². The minimum Gasteiger partial charge on any atom is -0.480 e. The summed E-state index contributed by atoms with van der Waals surface area (Å²) in [5.41, 5.74) is 0. The Morgan fingerprint density at radius 2 is 2.40 bits per heavy atom. The van der Waals surface area contributed by atoms with Crippen molar-refractivity contribution in [3.63, 3.8) is 0 Å². The zero-order chi connectivity index (χ0) is 7.98. The summed E-state index contributed by atoms with van der Waals surface area (Å²) in [4.78, 5) is 10.2. The van der Waals surface area contributed by atoms with Gasteiger partial charge < -0.3 is 10.2 Å². The van der Waals surface area contributed by atoms with Gasteiger partial charge in [0.25, 0.3) is 0 Å². The van der Waals surface area contributed by atoms with Gasteiger partial charge in [-0.15, -0.1) is 11.8 Å². The number of carboxylic acid groups (broad SMARTS) is 1. The average molecular weight is 183 g/mol. The number of hydrogen-bond donors (Lipinski definition) is 4. The fraction of sp³-hybridized carbons (Fsp3) is 0.750. The molecule has 1 atom stereocenters. The Hall–Kier alpha value is 0.0900. The summed E-state index contributed by atoms with van der Waals surface area (Å²) in [6.07, 6.45) is 0. The van der Waals surface area contributed by atoms with E-state index in [1.54, 1.807) is 0 Å². The van der Waals surface area contributed by atoms with Gasteiger partial charge >= 0.3 is 5.97 Å². The third-order valence-corrected chi connectivity index (χ3v) is 1.89. The van der Waals surface area contributed by atoms with E-state index in [0.717, 1.165) is 11.8 Å². The van der Waals surface area contributed by atoms with E-state index in [9.17, 15) is 4.79 Å². The van der Waals surface area contributed by atoms with Crippen LogP contribution in [0.4, 0.5) is 0 Å². The topological polar surface area (TPSA) is 69.6 Å². The van der Waals surface area contributed by atoms with Crippen LogP contribution in [-0.2, 0) is 4.79 Å². The summed E-state index contributed by atoms with van der Waals surface area (Å²) >= 11 is 4.73. The van der Waals surface area contributed by atoms with Crippen molar-refractivity contribution in [3.05, 3.63) is 0 Å². The smallest absolute Gasteiger partial charge is 0.322 e. The first-order chi connectivity index (χ1) is 4.72. The van der Waals surface area contributed by atoms with Crippen molar-refractivity contribution in [2.45, 2.75) is 6.04 Å². The highest BCUT2D eigenvalue weighted by molar-refractivity contribution is 7.99. The second kappa shape index (κ2) is 5.84. The van der Waals surface area contributed by atoms with Crippen LogP contribution in [-0.4, -0.2) is 33.9 Å². The Bertz CT molecular complexity index is 111. The van der Waals surface area contributed by atoms with Gasteiger partial charge in [-0.05, 0) is 0 Å². The van der Waals surface area contributed by atoms with Gasteiger partial charge in [-0.25, -0.2) is 0 Å². The van der Waals surface area contributed by atoms with Gasteiger partial charge in [-0.1, -0.05) is 12.8 Å². The zero-order valence-electron chi connectivity index (χ0n) is 5.15. The maximum atomic E-state index is 10.2. The van der Waals surface area contributed by atoms with Gasteiger partial charge in [-0.2, -0.15) is 0 Å². The molecule has 0 heterocycles. The monoisotopic (exact) mass is 183 g/mol. The fourth-order valence-electron chi connectivity index (χ4n) is 0.334. The zero-order valence-corrected chi connectivity index (χ0v) is 6.86. The summed E-state index contributed by atoms with van der Waals surface area (Å²) in [5.74, 6) is -0.717. The standard InChI is InChI=1S/C4H9NO3S2/c6-2-10-1-3(5-9)4(7)8/h3,5-6,9H,1-2H2,(H,7,8)/t3-/m0/s1. The van der Waals surface area contributed by atoms with Crippen molar-refractivity contribution < 1.29 is 15.0 Å². The third kappa shape index (κ3) is 3.99. The molecule has 0 aromatic rings. The van der Waals surface area contributed by atoms with Crippen molar-refractivity contribution in [2.24, 2.45) is 0 Å². The molecular weight excluding hydrogens is 174 g/mol. The van der Waals surface area contributed by atoms with E-state index in [0.29, 0.717) is 5.75 Å². The molecule has 4 nitrogen and oxygen atoms in total. The van der Waals surface area contributed by atoms with Gasteiger partial charge in [0, 0.05) is 5.75 Å². The molecule has 0 spiro atoms. The van der Waals surface area contributed by atoms with Gasteiger partial charge in [0.1, 0.15) is 6.04 Å². The lowest BCUT2D eigenvalue weighted by atomic mass is 10.4. The van der Waals surface area contributed by atoms with Gasteiger partial charge in [-0.3, -0.25) is 9.52 Å². The predicted octanol–water partition coefficient (Wildman–Crippen LogP) is -0.443. The predicted molar refractivity (Wildman–Crippen MR) is 43.1 cm³/mol. The largest absolute Gasteiger partial charge is 0.480 e. The normalized spacial score (nSPS) is 13.0. The quantitative estimate of drug-likeness (QED) is 0.343. The summed E-state index contributed by atoms with van der Waals surface area (Å²) in [5, 5.41) is 16.7. The van der Waals surface area contributed by atoms with E-state index in [1.165, 1.54) is 0 Å². The molecule has 0 saturated carbocycles. The van der Waals surface area contributed by atoms with E-state index in [-0.39, 0.29) is 5.94 Å². The number of hydrogen-bond acceptors (Lipinski definition) is 5. The summed E-state index contributed by atoms with van der Waals surface area (Å²) < 4.78 is 2.30. The molecule has 0 radical (unpaired) electrons. The number of carboxylic acids is 1. The van der Waals surface area contributed by atoms with Crippen molar-refractivity contribution in [1.82, 2.24) is 4.72 Å². The summed E-state index contributed by atoms with van der Waals surface area (Å²) in [6, 6.07) is -0.694. The van der Waals surface area contributed by atoms with Gasteiger partial charge in [0.05, 0.1) is 5.94 Å². The maximum Gasteiger partial charge on any atom is 0.322 e. The second-order valence-corrected chi connectivity index (χ2v) is 2.78. The molecule has 0 bridgehead atoms. The van der Waals surface area contributed by atoms with E-state index < -0.39 is 12.0 Å². The highest BCUT2D eigenvalue weighted by Crippen LogP contribution is 2.00. The van der Waals surface area contributed by atoms with E-state index in [4.69, 9.17) is 10.2 Å². The van der Waals surface area contributed by atoms with Crippen LogP contribution in [0.2, 0.25) is 0 Å². The highest BCUT2D eigenvalue weighted by atomic mass is 32.2. The lowest BCUT2D eigenvalue weighted by molar-refractivity contribution is -0.138. The second-order valence-electron chi connectivity index (χ2n) is 1.52. The first-order valence-corrected chi connectivity index (χ1v) is 4.13. The molecule has 0 aromatic carbocycles. The number of aliphatic hydroxyl groups excluding tert-OH is 1. The molecule has 0 fully saturated rings. The van der Waals surface area contributed by atoms with Crippen molar-refractivity contribution >= 4 is 30.5 Å². The molecular formula is C4H9NO3S2. The molecule has 0 aliphatic carbocycles. The van der Waals surface area contributed by atoms with E-state index >= 15 is 0 Å². The highest BCUT2D eigenvalue weighted by Gasteiger charge is 2.13. The Balaban J connectivity index is 3.50. The Morgan fingerprint density at radius 3 is 2.70 bits per heavy atom. The summed E-state index contributed by atoms with van der Waals surface area (Å²) in [6.45, 7) is 0. The Kier molecular flexibility index (Phi) is 5.90. The molecule has 0 aliphatic heterocycles. The van der Waals surface area contributed by atoms with Crippen LogP contribution in [0.3, 0.4) is 0 Å². The van der Waals surface area contributed by atoms with Crippen LogP contribution in [0.1, 0.15) is 0 Å². The van der Waals surface area contributed by atoms with Crippen molar-refractivity contribution in [2.75, 3.05) is 11.7 Å². The van der Waals surface area contributed by atoms with E-state index in [1.807, 2.05) is 0 Å². The molecule has 10 heavy (non-hydrogen) atoms. The maximum absolute atomic E-state index is 10.2. The van der Waals surface area contributed by atoms with Crippen LogP contribution in [0, 0.1) is 0 Å². The van der Waals surface area contributed by atoms with Crippen LogP contribution in [0.25, 0.3) is 0 Å². The first kappa shape index (κ1) is 10.1. The Labute approximate surface area is 68.5 Å². The minimum absolute atomic E-state index is 0.0702. The molecule has 0 saturated heterocycles. The number of aliphatic carboxylic acids is 1. The van der Waals surface area contributed by atoms with E-state index in [2.05, 4.69) is 17.5 Å². The molecule has 6 heteroatoms. The van der Waals surface area contributed by atoms with Crippen molar-refractivity contribution in [1.29, 1.82) is 0 Å². The number of thioether (sulfide) groups is 1. The molecule has 0 unspecified atom stereocenters. The minimum atomic E-state index is -0.962. The molecule has 0 rings (SSSR count). The Morgan fingerprint density at radius 1 is 1.80 bits per heavy atom. The molecule has 0 aliphatic rings. The number of thiol groups is 1. The SMILES string of the molecule is O=C(O)[C@H](CSCO)NS. The average Bonchev–Trinajstić information content (AvgIpc) is 1.89. The third-order valence-electron chi connectivity index (χ3n) is 0.830. The first-order valence-electron chi connectivity index (χ1n) is 2.53.